The van der Waals surface area contributed by atoms with Gasteiger partial charge in [-0.25, -0.2) is 0 Å². The molecule has 0 aromatic carbocycles. The van der Waals surface area contributed by atoms with E-state index in [1.54, 1.807) is 0 Å². The molecule has 0 aromatic rings. The van der Waals surface area contributed by atoms with E-state index in [-0.39, 0.29) is 6.40 Å². The number of hydrogen-bond donors (Lipinski definition) is 0. The fraction of sp³-hybridized carbons (Fsp3) is 1.00. The van der Waals surface area contributed by atoms with Crippen molar-refractivity contribution in [1.82, 2.24) is 0 Å². The molecule has 0 aliphatic heterocycles. The van der Waals surface area contributed by atoms with Crippen molar-refractivity contribution in [2.45, 2.75) is 36.0 Å². The predicted octanol–water partition coefficient (Wildman–Crippen LogP) is 3.38. The standard InChI is InChI=1S/C7H13.BrH.Hg/c1-7-5-3-2-4-6-7;;/h7H,1-6H2;1H;/q;;+1/p-1/i2D;;. The summed E-state index contributed by atoms with van der Waals surface area (Å²) in [5.74, 6) is 1.02. The molecule has 50 valence electrons. The van der Waals surface area contributed by atoms with Crippen molar-refractivity contribution < 1.29 is 23.5 Å². The predicted molar refractivity (Wildman–Crippen MR) is 40.3 cm³/mol. The normalized spacial score (nSPS) is 37.2. The van der Waals surface area contributed by atoms with Gasteiger partial charge in [-0.2, -0.15) is 0 Å². The van der Waals surface area contributed by atoms with E-state index in [1.165, 1.54) is 29.6 Å². The van der Waals surface area contributed by atoms with E-state index in [1.807, 2.05) is 0 Å². The third kappa shape index (κ3) is 3.36. The first-order valence-corrected chi connectivity index (χ1v) is 19.6. The van der Waals surface area contributed by atoms with Crippen LogP contribution in [0.2, 0.25) is 3.93 Å². The minimum atomic E-state index is -0.518. The Balaban J connectivity index is 2.13. The zero-order valence-electron chi connectivity index (χ0n) is 6.78. The van der Waals surface area contributed by atoms with E-state index in [4.69, 9.17) is 1.37 Å². The number of hydrogen-bond acceptors (Lipinski definition) is 0. The molecule has 1 aliphatic carbocycles. The van der Waals surface area contributed by atoms with Gasteiger partial charge in [0.15, 0.2) is 0 Å². The van der Waals surface area contributed by atoms with Crippen molar-refractivity contribution in [2.24, 2.45) is 5.92 Å². The molecule has 0 amide bonds. The fourth-order valence-electron chi connectivity index (χ4n) is 1.44. The van der Waals surface area contributed by atoms with E-state index >= 15 is 0 Å². The van der Waals surface area contributed by atoms with E-state index in [0.717, 1.165) is 5.92 Å². The van der Waals surface area contributed by atoms with E-state index < -0.39 is 22.1 Å². The second-order valence-electron chi connectivity index (χ2n) is 2.79. The molecule has 1 fully saturated rings. The van der Waals surface area contributed by atoms with Crippen molar-refractivity contribution in [3.8, 4) is 0 Å². The van der Waals surface area contributed by atoms with Crippen LogP contribution in [0, 0.1) is 5.92 Å². The van der Waals surface area contributed by atoms with Gasteiger partial charge in [0.05, 0.1) is 0 Å². The topological polar surface area (TPSA) is 0 Å². The molecular formula is C7H13BrHg. The molecule has 0 radical (unpaired) electrons. The summed E-state index contributed by atoms with van der Waals surface area (Å²) < 4.78 is 9.04. The van der Waals surface area contributed by atoms with Crippen molar-refractivity contribution in [2.75, 3.05) is 0 Å². The molecule has 0 spiro atoms. The van der Waals surface area contributed by atoms with Crippen LogP contribution in [0.15, 0.2) is 0 Å². The van der Waals surface area contributed by atoms with Crippen molar-refractivity contribution >= 4 is 11.9 Å². The maximum absolute atomic E-state index is 7.50. The van der Waals surface area contributed by atoms with Crippen LogP contribution in [0.4, 0.5) is 0 Å². The first-order valence-electron chi connectivity index (χ1n) is 4.39. The summed E-state index contributed by atoms with van der Waals surface area (Å²) >= 11 is 3.16. The Morgan fingerprint density at radius 1 is 1.56 bits per heavy atom. The third-order valence-corrected chi connectivity index (χ3v) is 10.1. The van der Waals surface area contributed by atoms with Crippen LogP contribution in [0.25, 0.3) is 0 Å². The van der Waals surface area contributed by atoms with Gasteiger partial charge in [-0.05, 0) is 0 Å². The quantitative estimate of drug-likeness (QED) is 0.646. The number of rotatable bonds is 2. The average Bonchev–Trinajstić information content (AvgIpc) is 1.95. The molecule has 0 N–H and O–H groups in total. The molecule has 1 saturated carbocycles. The molecule has 0 unspecified atom stereocenters. The zero-order chi connectivity index (χ0) is 7.40. The average molecular weight is 379 g/mol. The first kappa shape index (κ1) is 7.09. The third-order valence-electron chi connectivity index (χ3n) is 2.08. The van der Waals surface area contributed by atoms with Gasteiger partial charge in [-0.1, -0.05) is 0 Å². The van der Waals surface area contributed by atoms with Gasteiger partial charge in [0, 0.05) is 0 Å². The summed E-state index contributed by atoms with van der Waals surface area (Å²) in [5.41, 5.74) is 0. The molecular weight excluding hydrogens is 365 g/mol. The fourth-order valence-corrected chi connectivity index (χ4v) is 10.6. The van der Waals surface area contributed by atoms with E-state index in [0.29, 0.717) is 0 Å². The summed E-state index contributed by atoms with van der Waals surface area (Å²) in [4.78, 5) is 0. The molecule has 1 aliphatic rings. The van der Waals surface area contributed by atoms with Gasteiger partial charge in [0.25, 0.3) is 0 Å². The molecule has 0 aromatic heterocycles. The summed E-state index contributed by atoms with van der Waals surface area (Å²) in [5, 5.41) is 0. The Labute approximate surface area is 76.9 Å². The second kappa shape index (κ2) is 5.12. The Morgan fingerprint density at radius 2 is 2.22 bits per heavy atom. The van der Waals surface area contributed by atoms with Gasteiger partial charge in [0.1, 0.15) is 0 Å². The Kier molecular flexibility index (Phi) is 4.03. The molecule has 1 rings (SSSR count). The first-order chi connectivity index (χ1) is 4.83. The molecule has 2 heteroatoms. The van der Waals surface area contributed by atoms with Gasteiger partial charge in [-0.15, -0.1) is 0 Å². The van der Waals surface area contributed by atoms with Gasteiger partial charge in [0.2, 0.25) is 0 Å². The van der Waals surface area contributed by atoms with Crippen LogP contribution >= 0.6 is 11.9 Å². The number of halogens is 1. The van der Waals surface area contributed by atoms with Gasteiger partial charge < -0.3 is 0 Å². The van der Waals surface area contributed by atoms with Crippen LogP contribution in [0.5, 0.6) is 0 Å². The summed E-state index contributed by atoms with van der Waals surface area (Å²) in [6.45, 7) is 0. The van der Waals surface area contributed by atoms with Crippen molar-refractivity contribution in [1.29, 1.82) is 0 Å². The molecule has 0 bridgehead atoms. The molecule has 0 saturated heterocycles. The van der Waals surface area contributed by atoms with Crippen LogP contribution in [-0.2, 0) is 22.1 Å². The van der Waals surface area contributed by atoms with E-state index in [9.17, 15) is 0 Å². The van der Waals surface area contributed by atoms with Crippen LogP contribution in [0.3, 0.4) is 0 Å². The summed E-state index contributed by atoms with van der Waals surface area (Å²) in [6, 6.07) is 0. The molecule has 9 heavy (non-hydrogen) atoms. The maximum atomic E-state index is 7.50. The van der Waals surface area contributed by atoms with Crippen LogP contribution in [-0.4, -0.2) is 0 Å². The van der Waals surface area contributed by atoms with Gasteiger partial charge in [-0.3, -0.25) is 0 Å². The van der Waals surface area contributed by atoms with Crippen molar-refractivity contribution in [3.05, 3.63) is 0 Å². The second-order valence-corrected chi connectivity index (χ2v) is 13.5. The Hall–Kier alpha value is 1.42. The molecule has 0 nitrogen and oxygen atoms in total. The zero-order valence-corrected chi connectivity index (χ0v) is 12.9. The Bertz CT molecular complexity index is 91.6. The van der Waals surface area contributed by atoms with Gasteiger partial charge >= 0.3 is 77.3 Å². The van der Waals surface area contributed by atoms with Crippen LogP contribution in [0.1, 0.15) is 33.5 Å². The Morgan fingerprint density at radius 3 is 2.78 bits per heavy atom. The molecule has 0 atom stereocenters. The minimum absolute atomic E-state index is 0.281. The monoisotopic (exact) mass is 379 g/mol. The molecule has 0 heterocycles. The SMILES string of the molecule is [2H]C1CCC([CH2][Hg][Br])CC1. The van der Waals surface area contributed by atoms with Crippen LogP contribution < -0.4 is 0 Å². The summed E-state index contributed by atoms with van der Waals surface area (Å²) in [7, 11) is 0. The summed E-state index contributed by atoms with van der Waals surface area (Å²) in [6.07, 6.45) is 5.32. The van der Waals surface area contributed by atoms with Crippen molar-refractivity contribution in [3.63, 3.8) is 0 Å². The van der Waals surface area contributed by atoms with E-state index in [2.05, 4.69) is 11.9 Å².